The maximum atomic E-state index is 10.5. The molecule has 5 heteroatoms. The van der Waals surface area contributed by atoms with Crippen molar-refractivity contribution in [3.05, 3.63) is 0 Å². The van der Waals surface area contributed by atoms with Crippen LogP contribution in [0.2, 0.25) is 0 Å². The maximum absolute atomic E-state index is 10.5. The third-order valence-corrected chi connectivity index (χ3v) is 1.03. The molecule has 3 amide bonds. The second-order valence-electron chi connectivity index (χ2n) is 1.75. The van der Waals surface area contributed by atoms with Crippen LogP contribution in [0.5, 0.6) is 0 Å². The summed E-state index contributed by atoms with van der Waals surface area (Å²) in [5, 5.41) is 3.34. The molecule has 9 heavy (non-hydrogen) atoms. The summed E-state index contributed by atoms with van der Waals surface area (Å²) < 4.78 is 0. The molecule has 0 aromatic carbocycles. The van der Waals surface area contributed by atoms with Crippen LogP contribution >= 0.6 is 0 Å². The van der Waals surface area contributed by atoms with Gasteiger partial charge in [-0.25, -0.2) is 10.2 Å². The molecule has 1 fully saturated rings. The Morgan fingerprint density at radius 1 is 1.56 bits per heavy atom. The van der Waals surface area contributed by atoms with Crippen LogP contribution in [0.3, 0.4) is 0 Å². The van der Waals surface area contributed by atoms with Gasteiger partial charge < -0.3 is 0 Å². The Labute approximate surface area is 52.0 Å². The highest BCUT2D eigenvalue weighted by molar-refractivity contribution is 5.96. The maximum Gasteiger partial charge on any atom is 0.338 e. The van der Waals surface area contributed by atoms with Crippen molar-refractivity contribution in [2.45, 2.75) is 0 Å². The lowest BCUT2D eigenvalue weighted by Crippen LogP contribution is -2.57. The molecule has 0 saturated carbocycles. The molecule has 0 aromatic rings. The van der Waals surface area contributed by atoms with Crippen molar-refractivity contribution in [2.24, 2.45) is 0 Å². The Bertz CT molecular complexity index is 156. The molecule has 2 N–H and O–H groups in total. The smallest absolute Gasteiger partial charge is 0.276 e. The van der Waals surface area contributed by atoms with Gasteiger partial charge in [-0.15, -0.1) is 0 Å². The van der Waals surface area contributed by atoms with Crippen LogP contribution in [0.4, 0.5) is 4.79 Å². The average Bonchev–Trinajstić information content (AvgIpc) is 1.80. The molecule has 0 aliphatic carbocycles. The van der Waals surface area contributed by atoms with Crippen molar-refractivity contribution in [1.29, 1.82) is 0 Å². The van der Waals surface area contributed by atoms with Crippen molar-refractivity contribution < 1.29 is 9.59 Å². The van der Waals surface area contributed by atoms with E-state index in [9.17, 15) is 9.59 Å². The number of amides is 3. The minimum Gasteiger partial charge on any atom is -0.276 e. The van der Waals surface area contributed by atoms with Crippen molar-refractivity contribution in [3.8, 4) is 0 Å². The third kappa shape index (κ3) is 1.17. The van der Waals surface area contributed by atoms with Crippen LogP contribution in [0.25, 0.3) is 0 Å². The van der Waals surface area contributed by atoms with Gasteiger partial charge in [0.15, 0.2) is 0 Å². The molecule has 1 heterocycles. The van der Waals surface area contributed by atoms with Gasteiger partial charge in [0.25, 0.3) is 0 Å². The third-order valence-electron chi connectivity index (χ3n) is 1.03. The van der Waals surface area contributed by atoms with Crippen LogP contribution in [0.15, 0.2) is 0 Å². The minimum atomic E-state index is -0.411. The molecule has 0 radical (unpaired) electrons. The molecular weight excluding hydrogens is 122 g/mol. The zero-order chi connectivity index (χ0) is 6.85. The van der Waals surface area contributed by atoms with Gasteiger partial charge in [0.1, 0.15) is 0 Å². The van der Waals surface area contributed by atoms with Gasteiger partial charge >= 0.3 is 6.03 Å². The van der Waals surface area contributed by atoms with Crippen molar-refractivity contribution in [2.75, 3.05) is 13.6 Å². The number of hydrogen-bond acceptors (Lipinski definition) is 3. The second kappa shape index (κ2) is 2.02. The highest BCUT2D eigenvalue weighted by Gasteiger charge is 2.17. The molecule has 1 aliphatic heterocycles. The molecular formula is C4H7N3O2. The number of carbonyl (C=O) groups is 2. The Hall–Kier alpha value is -1.10. The van der Waals surface area contributed by atoms with E-state index >= 15 is 0 Å². The quantitative estimate of drug-likeness (QED) is 0.426. The number of hydrazine groups is 1. The van der Waals surface area contributed by atoms with Gasteiger partial charge in [0.05, 0.1) is 6.54 Å². The highest BCUT2D eigenvalue weighted by atomic mass is 16.2. The zero-order valence-corrected chi connectivity index (χ0v) is 4.97. The first kappa shape index (κ1) is 6.03. The van der Waals surface area contributed by atoms with E-state index in [1.807, 2.05) is 0 Å². The molecule has 0 unspecified atom stereocenters. The summed E-state index contributed by atoms with van der Waals surface area (Å²) in [4.78, 5) is 20.9. The van der Waals surface area contributed by atoms with Gasteiger partial charge in [-0.1, -0.05) is 0 Å². The molecule has 50 valence electrons. The van der Waals surface area contributed by atoms with Crippen LogP contribution < -0.4 is 10.7 Å². The first-order valence-corrected chi connectivity index (χ1v) is 2.51. The van der Waals surface area contributed by atoms with E-state index < -0.39 is 6.03 Å². The molecule has 5 nitrogen and oxygen atoms in total. The summed E-state index contributed by atoms with van der Waals surface area (Å²) in [6.45, 7) is 0.169. The summed E-state index contributed by atoms with van der Waals surface area (Å²) in [5.74, 6) is -0.293. The van der Waals surface area contributed by atoms with Crippen LogP contribution in [-0.2, 0) is 4.79 Å². The number of hydrogen-bond donors (Lipinski definition) is 2. The lowest BCUT2D eigenvalue weighted by molar-refractivity contribution is -0.121. The predicted octanol–water partition coefficient (Wildman–Crippen LogP) is -1.33. The topological polar surface area (TPSA) is 61.4 Å². The van der Waals surface area contributed by atoms with Gasteiger partial charge in [0, 0.05) is 7.05 Å². The van der Waals surface area contributed by atoms with Crippen LogP contribution in [0, 0.1) is 0 Å². The Kier molecular flexibility index (Phi) is 1.35. The summed E-state index contributed by atoms with van der Waals surface area (Å²) in [7, 11) is 1.54. The SMILES string of the molecule is CN1NCC(=O)NC1=O. The summed E-state index contributed by atoms with van der Waals surface area (Å²) in [5.41, 5.74) is 2.55. The first-order chi connectivity index (χ1) is 4.20. The Morgan fingerprint density at radius 3 is 2.67 bits per heavy atom. The summed E-state index contributed by atoms with van der Waals surface area (Å²) in [6, 6.07) is -0.411. The fraction of sp³-hybridized carbons (Fsp3) is 0.500. The molecule has 0 atom stereocenters. The van der Waals surface area contributed by atoms with E-state index in [2.05, 4.69) is 10.7 Å². The Morgan fingerprint density at radius 2 is 2.22 bits per heavy atom. The number of urea groups is 1. The molecule has 1 rings (SSSR count). The van der Waals surface area contributed by atoms with Crippen LogP contribution in [0.1, 0.15) is 0 Å². The van der Waals surface area contributed by atoms with Crippen molar-refractivity contribution >= 4 is 11.9 Å². The molecule has 0 aromatic heterocycles. The minimum absolute atomic E-state index is 0.169. The van der Waals surface area contributed by atoms with Gasteiger partial charge in [-0.2, -0.15) is 0 Å². The van der Waals surface area contributed by atoms with Gasteiger partial charge in [-0.05, 0) is 0 Å². The van der Waals surface area contributed by atoms with Crippen LogP contribution in [-0.4, -0.2) is 30.5 Å². The van der Waals surface area contributed by atoms with E-state index in [0.29, 0.717) is 0 Å². The van der Waals surface area contributed by atoms with Gasteiger partial charge in [-0.3, -0.25) is 15.1 Å². The largest absolute Gasteiger partial charge is 0.338 e. The summed E-state index contributed by atoms with van der Waals surface area (Å²) in [6.07, 6.45) is 0. The fourth-order valence-electron chi connectivity index (χ4n) is 0.510. The Balaban J connectivity index is 2.54. The number of nitrogens with one attached hydrogen (secondary N) is 2. The van der Waals surface area contributed by atoms with E-state index in [1.165, 1.54) is 5.01 Å². The standard InChI is InChI=1S/C4H7N3O2/c1-7-4(9)6-3(8)2-5-7/h5H,2H2,1H3,(H,6,8,9). The lowest BCUT2D eigenvalue weighted by atomic mass is 10.5. The lowest BCUT2D eigenvalue weighted by Gasteiger charge is -2.22. The fourth-order valence-corrected chi connectivity index (χ4v) is 0.510. The average molecular weight is 129 g/mol. The van der Waals surface area contributed by atoms with Gasteiger partial charge in [0.2, 0.25) is 5.91 Å². The number of nitrogens with zero attached hydrogens (tertiary/aromatic N) is 1. The molecule has 1 saturated heterocycles. The molecule has 1 aliphatic rings. The first-order valence-electron chi connectivity index (χ1n) is 2.51. The highest BCUT2D eigenvalue weighted by Crippen LogP contribution is 1.83. The normalized spacial score (nSPS) is 19.9. The predicted molar refractivity (Wildman–Crippen MR) is 29.3 cm³/mol. The number of rotatable bonds is 0. The zero-order valence-electron chi connectivity index (χ0n) is 4.97. The number of imide groups is 1. The second-order valence-corrected chi connectivity index (χ2v) is 1.75. The number of carbonyl (C=O) groups excluding carboxylic acids is 2. The monoisotopic (exact) mass is 129 g/mol. The van der Waals surface area contributed by atoms with Crippen molar-refractivity contribution in [3.63, 3.8) is 0 Å². The van der Waals surface area contributed by atoms with E-state index in [-0.39, 0.29) is 12.5 Å². The van der Waals surface area contributed by atoms with E-state index in [1.54, 1.807) is 7.05 Å². The molecule has 0 spiro atoms. The van der Waals surface area contributed by atoms with E-state index in [4.69, 9.17) is 0 Å². The van der Waals surface area contributed by atoms with E-state index in [0.717, 1.165) is 0 Å². The summed E-state index contributed by atoms with van der Waals surface area (Å²) >= 11 is 0. The molecule has 0 bridgehead atoms. The van der Waals surface area contributed by atoms with Crippen molar-refractivity contribution in [1.82, 2.24) is 15.8 Å².